The van der Waals surface area contributed by atoms with Crippen molar-refractivity contribution in [2.24, 2.45) is 0 Å². The Hall–Kier alpha value is -2.78. The molecule has 0 spiro atoms. The molecular weight excluding hydrogens is 347 g/mol. The molecule has 0 aliphatic carbocycles. The number of ether oxygens (including phenoxy) is 3. The Labute approximate surface area is 158 Å². The molecule has 0 radical (unpaired) electrons. The molecule has 0 bridgehead atoms. The summed E-state index contributed by atoms with van der Waals surface area (Å²) in [4.78, 5) is 0. The number of rotatable bonds is 8. The van der Waals surface area contributed by atoms with Crippen molar-refractivity contribution in [2.75, 3.05) is 20.3 Å². The molecule has 3 rings (SSSR count). The van der Waals surface area contributed by atoms with Crippen LogP contribution in [0.5, 0.6) is 17.2 Å². The van der Waals surface area contributed by atoms with Gasteiger partial charge < -0.3 is 19.5 Å². The first-order chi connectivity index (χ1) is 13.2. The molecule has 1 atom stereocenters. The second-order valence-electron chi connectivity index (χ2n) is 6.35. The van der Waals surface area contributed by atoms with E-state index >= 15 is 0 Å². The number of hydrogen-bond acceptors (Lipinski definition) is 5. The normalized spacial score (nSPS) is 15.4. The van der Waals surface area contributed by atoms with Gasteiger partial charge in [-0.3, -0.25) is 0 Å². The van der Waals surface area contributed by atoms with Gasteiger partial charge >= 0.3 is 0 Å². The lowest BCUT2D eigenvalue weighted by atomic mass is 10.00. The molecular formula is C21H23FN2O3. The van der Waals surface area contributed by atoms with Gasteiger partial charge in [-0.25, -0.2) is 4.39 Å². The zero-order valence-electron chi connectivity index (χ0n) is 15.3. The van der Waals surface area contributed by atoms with E-state index in [0.29, 0.717) is 44.1 Å². The van der Waals surface area contributed by atoms with Crippen molar-refractivity contribution in [3.05, 3.63) is 53.3 Å². The van der Waals surface area contributed by atoms with E-state index in [1.165, 1.54) is 12.1 Å². The first-order valence-electron chi connectivity index (χ1n) is 9.03. The highest BCUT2D eigenvalue weighted by atomic mass is 19.1. The Morgan fingerprint density at radius 2 is 2.15 bits per heavy atom. The third kappa shape index (κ3) is 4.89. The molecule has 0 aromatic heterocycles. The molecule has 1 unspecified atom stereocenters. The lowest BCUT2D eigenvalue weighted by molar-refractivity contribution is 0.251. The second kappa shape index (κ2) is 9.24. The summed E-state index contributed by atoms with van der Waals surface area (Å²) in [6.45, 7) is 1.68. The summed E-state index contributed by atoms with van der Waals surface area (Å²) in [6, 6.07) is 12.5. The molecule has 0 amide bonds. The summed E-state index contributed by atoms with van der Waals surface area (Å²) < 4.78 is 30.3. The predicted molar refractivity (Wildman–Crippen MR) is 99.4 cm³/mol. The van der Waals surface area contributed by atoms with Crippen LogP contribution < -0.4 is 19.5 Å². The van der Waals surface area contributed by atoms with Gasteiger partial charge in [-0.1, -0.05) is 6.07 Å². The maximum atomic E-state index is 13.6. The Morgan fingerprint density at radius 3 is 2.96 bits per heavy atom. The lowest BCUT2D eigenvalue weighted by Gasteiger charge is -2.27. The molecule has 0 saturated carbocycles. The van der Waals surface area contributed by atoms with Crippen LogP contribution in [0.2, 0.25) is 0 Å². The zero-order chi connectivity index (χ0) is 19.1. The number of nitriles is 1. The van der Waals surface area contributed by atoms with Crippen LogP contribution in [0.1, 0.15) is 36.4 Å². The average Bonchev–Trinajstić information content (AvgIpc) is 2.69. The van der Waals surface area contributed by atoms with Crippen LogP contribution in [0.25, 0.3) is 0 Å². The maximum absolute atomic E-state index is 13.6. The average molecular weight is 370 g/mol. The number of nitrogens with zero attached hydrogens (tertiary/aromatic N) is 1. The summed E-state index contributed by atoms with van der Waals surface area (Å²) in [5.41, 5.74) is 1.89. The van der Waals surface area contributed by atoms with Gasteiger partial charge in [-0.15, -0.1) is 0 Å². The predicted octanol–water partition coefficient (Wildman–Crippen LogP) is 4.13. The van der Waals surface area contributed by atoms with E-state index in [1.54, 1.807) is 13.2 Å². The molecule has 27 heavy (non-hydrogen) atoms. The second-order valence-corrected chi connectivity index (χ2v) is 6.35. The Kier molecular flexibility index (Phi) is 6.50. The third-order valence-corrected chi connectivity index (χ3v) is 4.48. The van der Waals surface area contributed by atoms with Crippen molar-refractivity contribution >= 4 is 0 Å². The Bertz CT molecular complexity index is 820. The lowest BCUT2D eigenvalue weighted by Crippen LogP contribution is -2.27. The van der Waals surface area contributed by atoms with E-state index in [1.807, 2.05) is 18.2 Å². The number of fused-ring (bicyclic) bond motifs is 1. The number of nitrogens with one attached hydrogen (secondary N) is 1. The van der Waals surface area contributed by atoms with Crippen molar-refractivity contribution < 1.29 is 18.6 Å². The van der Waals surface area contributed by atoms with Gasteiger partial charge in [0.05, 0.1) is 26.4 Å². The van der Waals surface area contributed by atoms with Crippen LogP contribution in [0, 0.1) is 17.1 Å². The van der Waals surface area contributed by atoms with Gasteiger partial charge in [0.25, 0.3) is 0 Å². The minimum Gasteiger partial charge on any atom is -0.493 e. The fourth-order valence-electron chi connectivity index (χ4n) is 3.10. The van der Waals surface area contributed by atoms with Gasteiger partial charge in [0.1, 0.15) is 11.6 Å². The van der Waals surface area contributed by atoms with Gasteiger partial charge in [-0.2, -0.15) is 5.26 Å². The summed E-state index contributed by atoms with van der Waals surface area (Å²) >= 11 is 0. The van der Waals surface area contributed by atoms with E-state index in [9.17, 15) is 4.39 Å². The van der Waals surface area contributed by atoms with Crippen LogP contribution in [0.3, 0.4) is 0 Å². The summed E-state index contributed by atoms with van der Waals surface area (Å²) in [7, 11) is 1.60. The minimum atomic E-state index is -0.261. The van der Waals surface area contributed by atoms with Crippen LogP contribution in [-0.2, 0) is 6.54 Å². The molecule has 5 nitrogen and oxygen atoms in total. The van der Waals surface area contributed by atoms with Gasteiger partial charge in [0.2, 0.25) is 0 Å². The quantitative estimate of drug-likeness (QED) is 0.708. The van der Waals surface area contributed by atoms with Gasteiger partial charge in [0.15, 0.2) is 11.5 Å². The topological polar surface area (TPSA) is 63.5 Å². The number of hydrogen-bond donors (Lipinski definition) is 1. The first-order valence-corrected chi connectivity index (χ1v) is 9.03. The zero-order valence-corrected chi connectivity index (χ0v) is 15.3. The summed E-state index contributed by atoms with van der Waals surface area (Å²) in [5.74, 6) is 1.79. The largest absolute Gasteiger partial charge is 0.493 e. The summed E-state index contributed by atoms with van der Waals surface area (Å²) in [6.07, 6.45) is 1.92. The van der Waals surface area contributed by atoms with Crippen LogP contribution in [0.15, 0.2) is 36.4 Å². The standard InChI is InChI=1S/C21H23FN2O3/c1-25-20-6-4-15(12-21(20)26-10-3-2-9-23)14-24-18-8-11-27-19-7-5-16(22)13-17(18)19/h4-7,12-13,18,24H,2-3,8,10-11,14H2,1H3. The molecule has 1 heterocycles. The molecule has 1 aliphatic heterocycles. The molecule has 6 heteroatoms. The maximum Gasteiger partial charge on any atom is 0.161 e. The van der Waals surface area contributed by atoms with Crippen molar-refractivity contribution in [3.8, 4) is 23.3 Å². The highest BCUT2D eigenvalue weighted by Gasteiger charge is 2.21. The molecule has 2 aromatic carbocycles. The SMILES string of the molecule is COc1ccc(CNC2CCOc3ccc(F)cc32)cc1OCCCC#N. The Balaban J connectivity index is 1.66. The molecule has 2 aromatic rings. The van der Waals surface area contributed by atoms with Crippen LogP contribution >= 0.6 is 0 Å². The fourth-order valence-corrected chi connectivity index (χ4v) is 3.10. The van der Waals surface area contributed by atoms with E-state index in [4.69, 9.17) is 19.5 Å². The van der Waals surface area contributed by atoms with E-state index in [0.717, 1.165) is 23.3 Å². The van der Waals surface area contributed by atoms with Gasteiger partial charge in [0, 0.05) is 31.0 Å². The van der Waals surface area contributed by atoms with Crippen molar-refractivity contribution in [1.29, 1.82) is 5.26 Å². The first kappa shape index (κ1) is 19.0. The molecule has 0 fully saturated rings. The van der Waals surface area contributed by atoms with E-state index in [-0.39, 0.29) is 11.9 Å². The van der Waals surface area contributed by atoms with Crippen molar-refractivity contribution in [3.63, 3.8) is 0 Å². The third-order valence-electron chi connectivity index (χ3n) is 4.48. The number of methoxy groups -OCH3 is 1. The van der Waals surface area contributed by atoms with Gasteiger partial charge in [-0.05, 0) is 42.3 Å². The fraction of sp³-hybridized carbons (Fsp3) is 0.381. The van der Waals surface area contributed by atoms with Crippen LogP contribution in [0.4, 0.5) is 4.39 Å². The smallest absolute Gasteiger partial charge is 0.161 e. The summed E-state index contributed by atoms with van der Waals surface area (Å²) in [5, 5.41) is 12.1. The number of unbranched alkanes of at least 4 members (excludes halogenated alkanes) is 1. The molecule has 1 aliphatic rings. The molecule has 1 N–H and O–H groups in total. The van der Waals surface area contributed by atoms with E-state index in [2.05, 4.69) is 11.4 Å². The highest BCUT2D eigenvalue weighted by Crippen LogP contribution is 2.33. The van der Waals surface area contributed by atoms with Crippen molar-refractivity contribution in [2.45, 2.75) is 31.8 Å². The number of benzene rings is 2. The van der Waals surface area contributed by atoms with Crippen LogP contribution in [-0.4, -0.2) is 20.3 Å². The highest BCUT2D eigenvalue weighted by molar-refractivity contribution is 5.43. The minimum absolute atomic E-state index is 0.0338. The van der Waals surface area contributed by atoms with Crippen molar-refractivity contribution in [1.82, 2.24) is 5.32 Å². The molecule has 0 saturated heterocycles. The Morgan fingerprint density at radius 1 is 1.26 bits per heavy atom. The number of halogens is 1. The molecule has 142 valence electrons. The monoisotopic (exact) mass is 370 g/mol. The van der Waals surface area contributed by atoms with E-state index < -0.39 is 0 Å².